The van der Waals surface area contributed by atoms with Gasteiger partial charge in [-0.15, -0.1) is 0 Å². The van der Waals surface area contributed by atoms with Gasteiger partial charge >= 0.3 is 0 Å². The lowest BCUT2D eigenvalue weighted by Gasteiger charge is -2.28. The van der Waals surface area contributed by atoms with Gasteiger partial charge in [0, 0.05) is 0 Å². The predicted octanol–water partition coefficient (Wildman–Crippen LogP) is 0.777. The van der Waals surface area contributed by atoms with Gasteiger partial charge in [0.05, 0.1) is 12.1 Å². The molecule has 1 aliphatic carbocycles. The van der Waals surface area contributed by atoms with E-state index in [4.69, 9.17) is 5.26 Å². The Labute approximate surface area is 99.5 Å². The zero-order chi connectivity index (χ0) is 12.5. The van der Waals surface area contributed by atoms with E-state index < -0.39 is 5.54 Å². The minimum absolute atomic E-state index is 0.0742. The number of rotatable bonds is 4. The normalized spacial score (nSPS) is 18.2. The topological polar surface area (TPSA) is 88.9 Å². The Morgan fingerprint density at radius 2 is 2.41 bits per heavy atom. The number of amides is 1. The SMILES string of the molecule is CC(CO)(NC(=O)c1ccc(C#N)[nH]1)C1CC1. The van der Waals surface area contributed by atoms with Gasteiger partial charge in [0.2, 0.25) is 0 Å². The van der Waals surface area contributed by atoms with Crippen LogP contribution in [0.1, 0.15) is 35.9 Å². The maximum absolute atomic E-state index is 11.9. The zero-order valence-electron chi connectivity index (χ0n) is 9.66. The fourth-order valence-corrected chi connectivity index (χ4v) is 1.91. The van der Waals surface area contributed by atoms with Crippen molar-refractivity contribution < 1.29 is 9.90 Å². The molecule has 0 radical (unpaired) electrons. The number of aromatic amines is 1. The van der Waals surface area contributed by atoms with Crippen LogP contribution in [0, 0.1) is 17.2 Å². The predicted molar refractivity (Wildman–Crippen MR) is 61.2 cm³/mol. The van der Waals surface area contributed by atoms with Gasteiger partial charge in [0.15, 0.2) is 0 Å². The Balaban J connectivity index is 2.08. The third kappa shape index (κ3) is 2.32. The molecule has 1 unspecified atom stereocenters. The van der Waals surface area contributed by atoms with E-state index in [1.807, 2.05) is 13.0 Å². The van der Waals surface area contributed by atoms with Crippen LogP contribution in [0.15, 0.2) is 12.1 Å². The highest BCUT2D eigenvalue weighted by Crippen LogP contribution is 2.39. The van der Waals surface area contributed by atoms with Gasteiger partial charge in [-0.25, -0.2) is 0 Å². The standard InChI is InChI=1S/C12H15N3O2/c1-12(7-16,8-2-3-8)15-11(17)10-5-4-9(6-13)14-10/h4-5,8,14,16H,2-3,7H2,1H3,(H,15,17). The van der Waals surface area contributed by atoms with E-state index in [1.54, 1.807) is 12.1 Å². The highest BCUT2D eigenvalue weighted by molar-refractivity contribution is 5.93. The summed E-state index contributed by atoms with van der Waals surface area (Å²) in [6.45, 7) is 1.77. The van der Waals surface area contributed by atoms with Crippen molar-refractivity contribution in [2.45, 2.75) is 25.3 Å². The second-order valence-electron chi connectivity index (χ2n) is 4.70. The summed E-state index contributed by atoms with van der Waals surface area (Å²) in [6.07, 6.45) is 2.07. The van der Waals surface area contributed by atoms with Crippen molar-refractivity contribution in [3.8, 4) is 6.07 Å². The molecule has 5 nitrogen and oxygen atoms in total. The van der Waals surface area contributed by atoms with Crippen LogP contribution < -0.4 is 5.32 Å². The van der Waals surface area contributed by atoms with E-state index >= 15 is 0 Å². The van der Waals surface area contributed by atoms with E-state index in [1.165, 1.54) is 0 Å². The third-order valence-electron chi connectivity index (χ3n) is 3.26. The van der Waals surface area contributed by atoms with Crippen LogP contribution in [-0.2, 0) is 0 Å². The van der Waals surface area contributed by atoms with Crippen molar-refractivity contribution in [1.29, 1.82) is 5.26 Å². The minimum atomic E-state index is -0.561. The Morgan fingerprint density at radius 1 is 1.71 bits per heavy atom. The summed E-state index contributed by atoms with van der Waals surface area (Å²) < 4.78 is 0. The number of aromatic nitrogens is 1. The number of carbonyl (C=O) groups is 1. The summed E-state index contributed by atoms with van der Waals surface area (Å²) in [6, 6.07) is 5.06. The summed E-state index contributed by atoms with van der Waals surface area (Å²) in [5.74, 6) is 0.0665. The molecule has 1 aromatic rings. The van der Waals surface area contributed by atoms with Gasteiger partial charge < -0.3 is 15.4 Å². The molecule has 0 saturated heterocycles. The van der Waals surface area contributed by atoms with Crippen LogP contribution in [0.3, 0.4) is 0 Å². The average Bonchev–Trinajstić information content (AvgIpc) is 3.07. The number of hydrogen-bond acceptors (Lipinski definition) is 3. The molecule has 0 bridgehead atoms. The molecule has 90 valence electrons. The minimum Gasteiger partial charge on any atom is -0.394 e. The summed E-state index contributed by atoms with van der Waals surface area (Å²) in [4.78, 5) is 14.6. The summed E-state index contributed by atoms with van der Waals surface area (Å²) in [5, 5.41) is 20.9. The second kappa shape index (κ2) is 4.22. The molecule has 0 aromatic carbocycles. The van der Waals surface area contributed by atoms with Gasteiger partial charge in [-0.2, -0.15) is 5.26 Å². The molecule has 1 atom stereocenters. The fraction of sp³-hybridized carbons (Fsp3) is 0.500. The highest BCUT2D eigenvalue weighted by Gasteiger charge is 2.42. The number of nitriles is 1. The van der Waals surface area contributed by atoms with Crippen molar-refractivity contribution in [1.82, 2.24) is 10.3 Å². The van der Waals surface area contributed by atoms with E-state index in [-0.39, 0.29) is 12.5 Å². The van der Waals surface area contributed by atoms with Gasteiger partial charge in [-0.3, -0.25) is 4.79 Å². The lowest BCUT2D eigenvalue weighted by Crippen LogP contribution is -2.50. The number of aliphatic hydroxyl groups excluding tert-OH is 1. The van der Waals surface area contributed by atoms with E-state index in [0.29, 0.717) is 17.3 Å². The van der Waals surface area contributed by atoms with E-state index in [9.17, 15) is 9.90 Å². The Hall–Kier alpha value is -1.80. The van der Waals surface area contributed by atoms with Gasteiger partial charge in [0.25, 0.3) is 5.91 Å². The smallest absolute Gasteiger partial charge is 0.268 e. The van der Waals surface area contributed by atoms with Crippen molar-refractivity contribution in [3.05, 3.63) is 23.5 Å². The van der Waals surface area contributed by atoms with Crippen LogP contribution in [0.25, 0.3) is 0 Å². The van der Waals surface area contributed by atoms with Crippen LogP contribution in [0.5, 0.6) is 0 Å². The first kappa shape index (κ1) is 11.7. The van der Waals surface area contributed by atoms with Crippen LogP contribution >= 0.6 is 0 Å². The van der Waals surface area contributed by atoms with Crippen molar-refractivity contribution in [2.75, 3.05) is 6.61 Å². The maximum atomic E-state index is 11.9. The molecule has 1 saturated carbocycles. The Kier molecular flexibility index (Phi) is 2.90. The Morgan fingerprint density at radius 3 is 2.88 bits per heavy atom. The lowest BCUT2D eigenvalue weighted by atomic mass is 9.97. The van der Waals surface area contributed by atoms with Gasteiger partial charge in [-0.05, 0) is 37.8 Å². The van der Waals surface area contributed by atoms with Crippen LogP contribution in [0.4, 0.5) is 0 Å². The average molecular weight is 233 g/mol. The Bertz CT molecular complexity index is 470. The molecule has 5 heteroatoms. The molecule has 1 aromatic heterocycles. The molecule has 3 N–H and O–H groups in total. The molecule has 0 spiro atoms. The fourth-order valence-electron chi connectivity index (χ4n) is 1.91. The van der Waals surface area contributed by atoms with Crippen LogP contribution in [0.2, 0.25) is 0 Å². The molecule has 17 heavy (non-hydrogen) atoms. The molecule has 1 aliphatic rings. The number of H-pyrrole nitrogens is 1. The molecule has 2 rings (SSSR count). The summed E-state index contributed by atoms with van der Waals surface area (Å²) in [5.41, 5.74) is 0.142. The largest absolute Gasteiger partial charge is 0.394 e. The molecule has 1 fully saturated rings. The molecule has 0 aliphatic heterocycles. The molecular formula is C12H15N3O2. The first-order valence-corrected chi connectivity index (χ1v) is 5.61. The first-order valence-electron chi connectivity index (χ1n) is 5.61. The zero-order valence-corrected chi connectivity index (χ0v) is 9.66. The number of aliphatic hydroxyl groups is 1. The molecule has 1 amide bonds. The maximum Gasteiger partial charge on any atom is 0.268 e. The van der Waals surface area contributed by atoms with Crippen molar-refractivity contribution >= 4 is 5.91 Å². The first-order chi connectivity index (χ1) is 8.09. The second-order valence-corrected chi connectivity index (χ2v) is 4.70. The van der Waals surface area contributed by atoms with E-state index in [0.717, 1.165) is 12.8 Å². The molecular weight excluding hydrogens is 218 g/mol. The third-order valence-corrected chi connectivity index (χ3v) is 3.26. The van der Waals surface area contributed by atoms with E-state index in [2.05, 4.69) is 10.3 Å². The van der Waals surface area contributed by atoms with Crippen molar-refractivity contribution in [3.63, 3.8) is 0 Å². The number of hydrogen-bond donors (Lipinski definition) is 3. The van der Waals surface area contributed by atoms with Gasteiger partial charge in [0.1, 0.15) is 17.5 Å². The number of nitrogens with zero attached hydrogens (tertiary/aromatic N) is 1. The monoisotopic (exact) mass is 233 g/mol. The molecule has 1 heterocycles. The number of nitrogens with one attached hydrogen (secondary N) is 2. The van der Waals surface area contributed by atoms with Gasteiger partial charge in [-0.1, -0.05) is 0 Å². The number of carbonyl (C=O) groups excluding carboxylic acids is 1. The highest BCUT2D eigenvalue weighted by atomic mass is 16.3. The summed E-state index contributed by atoms with van der Waals surface area (Å²) >= 11 is 0. The summed E-state index contributed by atoms with van der Waals surface area (Å²) in [7, 11) is 0. The lowest BCUT2D eigenvalue weighted by molar-refractivity contribution is 0.0820. The van der Waals surface area contributed by atoms with Crippen LogP contribution in [-0.4, -0.2) is 28.1 Å². The van der Waals surface area contributed by atoms with Crippen molar-refractivity contribution in [2.24, 2.45) is 5.92 Å². The quantitative estimate of drug-likeness (QED) is 0.717.